The van der Waals surface area contributed by atoms with Crippen LogP contribution in [0.25, 0.3) is 0 Å². The van der Waals surface area contributed by atoms with Crippen molar-refractivity contribution in [1.82, 2.24) is 4.98 Å². The number of anilines is 1. The summed E-state index contributed by atoms with van der Waals surface area (Å²) in [5.74, 6) is -0.692. The van der Waals surface area contributed by atoms with Crippen molar-refractivity contribution in [3.63, 3.8) is 0 Å². The molecule has 1 heterocycles. The number of hydrogen-bond donors (Lipinski definition) is 2. The van der Waals surface area contributed by atoms with Crippen LogP contribution in [0.2, 0.25) is 0 Å². The van der Waals surface area contributed by atoms with E-state index in [1.54, 1.807) is 43.5 Å². The molecule has 20 heavy (non-hydrogen) atoms. The standard InChI is InChI=1S/C14H13BrN2O3/c1-2-20-14(19)9-4-3-5-11(6-9)17-13(18)12-7-10(15)8-16-12/h3-8,16H,2H2,1H3,(H,17,18). The van der Waals surface area contributed by atoms with Crippen LogP contribution in [0.3, 0.4) is 0 Å². The van der Waals surface area contributed by atoms with Gasteiger partial charge in [0.1, 0.15) is 5.69 Å². The normalized spacial score (nSPS) is 10.1. The van der Waals surface area contributed by atoms with Crippen molar-refractivity contribution in [3.8, 4) is 0 Å². The summed E-state index contributed by atoms with van der Waals surface area (Å²) in [6.45, 7) is 2.05. The van der Waals surface area contributed by atoms with Crippen LogP contribution in [0.1, 0.15) is 27.8 Å². The number of hydrogen-bond acceptors (Lipinski definition) is 3. The summed E-state index contributed by atoms with van der Waals surface area (Å²) < 4.78 is 5.71. The molecule has 0 atom stereocenters. The van der Waals surface area contributed by atoms with Gasteiger partial charge in [0.15, 0.2) is 0 Å². The van der Waals surface area contributed by atoms with Gasteiger partial charge in [-0.1, -0.05) is 6.07 Å². The molecule has 2 N–H and O–H groups in total. The number of esters is 1. The fraction of sp³-hybridized carbons (Fsp3) is 0.143. The molecule has 5 nitrogen and oxygen atoms in total. The lowest BCUT2D eigenvalue weighted by Gasteiger charge is -2.06. The van der Waals surface area contributed by atoms with Gasteiger partial charge in [-0.3, -0.25) is 4.79 Å². The van der Waals surface area contributed by atoms with Crippen LogP contribution in [0.5, 0.6) is 0 Å². The predicted octanol–water partition coefficient (Wildman–Crippen LogP) is 3.21. The minimum Gasteiger partial charge on any atom is -0.462 e. The van der Waals surface area contributed by atoms with E-state index in [1.807, 2.05) is 0 Å². The summed E-state index contributed by atoms with van der Waals surface area (Å²) in [6.07, 6.45) is 1.67. The molecule has 0 unspecified atom stereocenters. The Morgan fingerprint density at radius 1 is 1.35 bits per heavy atom. The first-order valence-corrected chi connectivity index (χ1v) is 6.82. The number of H-pyrrole nitrogens is 1. The maximum atomic E-state index is 12.0. The van der Waals surface area contributed by atoms with Gasteiger partial charge >= 0.3 is 5.97 Å². The van der Waals surface area contributed by atoms with Gasteiger partial charge in [-0.2, -0.15) is 0 Å². The van der Waals surface area contributed by atoms with Gasteiger partial charge in [0, 0.05) is 16.4 Å². The fourth-order valence-corrected chi connectivity index (χ4v) is 1.98. The predicted molar refractivity (Wildman–Crippen MR) is 78.8 cm³/mol. The van der Waals surface area contributed by atoms with Crippen LogP contribution in [0.4, 0.5) is 5.69 Å². The number of carbonyl (C=O) groups excluding carboxylic acids is 2. The van der Waals surface area contributed by atoms with Crippen molar-refractivity contribution in [1.29, 1.82) is 0 Å². The second-order valence-electron chi connectivity index (χ2n) is 3.99. The van der Waals surface area contributed by atoms with Crippen LogP contribution >= 0.6 is 15.9 Å². The van der Waals surface area contributed by atoms with Gasteiger partial charge in [-0.15, -0.1) is 0 Å². The summed E-state index contributed by atoms with van der Waals surface area (Å²) in [5, 5.41) is 2.71. The SMILES string of the molecule is CCOC(=O)c1cccc(NC(=O)c2cc(Br)c[nH]2)c1. The first-order chi connectivity index (χ1) is 9.60. The topological polar surface area (TPSA) is 71.2 Å². The number of halogens is 1. The zero-order valence-corrected chi connectivity index (χ0v) is 12.4. The highest BCUT2D eigenvalue weighted by Gasteiger charge is 2.10. The molecule has 2 aromatic rings. The first-order valence-electron chi connectivity index (χ1n) is 6.02. The van der Waals surface area contributed by atoms with Gasteiger partial charge < -0.3 is 15.0 Å². The molecule has 104 valence electrons. The summed E-state index contributed by atoms with van der Waals surface area (Å²) >= 11 is 3.26. The molecule has 0 saturated heterocycles. The maximum Gasteiger partial charge on any atom is 0.338 e. The molecule has 0 aliphatic heterocycles. The van der Waals surface area contributed by atoms with Gasteiger partial charge in [-0.05, 0) is 47.1 Å². The molecule has 0 aliphatic rings. The summed E-state index contributed by atoms with van der Waals surface area (Å²) in [4.78, 5) is 26.4. The third-order valence-corrected chi connectivity index (χ3v) is 2.98. The lowest BCUT2D eigenvalue weighted by Crippen LogP contribution is -2.13. The van der Waals surface area contributed by atoms with Crippen LogP contribution in [0, 0.1) is 0 Å². The minimum atomic E-state index is -0.411. The van der Waals surface area contributed by atoms with Crippen LogP contribution in [0.15, 0.2) is 41.0 Å². The molecular formula is C14H13BrN2O3. The third kappa shape index (κ3) is 3.48. The Morgan fingerprint density at radius 2 is 2.15 bits per heavy atom. The number of nitrogens with one attached hydrogen (secondary N) is 2. The lowest BCUT2D eigenvalue weighted by molar-refractivity contribution is 0.0526. The second-order valence-corrected chi connectivity index (χ2v) is 4.90. The highest BCUT2D eigenvalue weighted by Crippen LogP contribution is 2.15. The van der Waals surface area contributed by atoms with Crippen LogP contribution in [-0.4, -0.2) is 23.5 Å². The second kappa shape index (κ2) is 6.38. The molecule has 1 aromatic heterocycles. The van der Waals surface area contributed by atoms with Gasteiger partial charge in [0.2, 0.25) is 0 Å². The van der Waals surface area contributed by atoms with E-state index in [9.17, 15) is 9.59 Å². The molecular weight excluding hydrogens is 324 g/mol. The number of aromatic amines is 1. The molecule has 2 rings (SSSR count). The van der Waals surface area contributed by atoms with E-state index in [0.717, 1.165) is 4.47 Å². The Kier molecular flexibility index (Phi) is 4.57. The van der Waals surface area contributed by atoms with Crippen molar-refractivity contribution < 1.29 is 14.3 Å². The Hall–Kier alpha value is -2.08. The lowest BCUT2D eigenvalue weighted by atomic mass is 10.2. The number of rotatable bonds is 4. The van der Waals surface area contributed by atoms with Crippen LogP contribution < -0.4 is 5.32 Å². The average molecular weight is 337 g/mol. The van der Waals surface area contributed by atoms with E-state index in [1.165, 1.54) is 0 Å². The number of amides is 1. The molecule has 6 heteroatoms. The van der Waals surface area contributed by atoms with E-state index < -0.39 is 5.97 Å². The molecule has 0 aliphatic carbocycles. The molecule has 0 spiro atoms. The van der Waals surface area contributed by atoms with Crippen molar-refractivity contribution in [2.75, 3.05) is 11.9 Å². The summed E-state index contributed by atoms with van der Waals surface area (Å²) in [7, 11) is 0. The highest BCUT2D eigenvalue weighted by atomic mass is 79.9. The number of benzene rings is 1. The molecule has 1 amide bonds. The molecule has 0 bridgehead atoms. The zero-order chi connectivity index (χ0) is 14.5. The largest absolute Gasteiger partial charge is 0.462 e. The Morgan fingerprint density at radius 3 is 2.80 bits per heavy atom. The Balaban J connectivity index is 2.12. The van der Waals surface area contributed by atoms with E-state index in [2.05, 4.69) is 26.2 Å². The van der Waals surface area contributed by atoms with E-state index in [0.29, 0.717) is 23.6 Å². The fourth-order valence-electron chi connectivity index (χ4n) is 1.64. The molecule has 0 radical (unpaired) electrons. The molecule has 0 fully saturated rings. The van der Waals surface area contributed by atoms with Gasteiger partial charge in [0.25, 0.3) is 5.91 Å². The summed E-state index contributed by atoms with van der Waals surface area (Å²) in [5.41, 5.74) is 1.36. The number of aromatic nitrogens is 1. The van der Waals surface area contributed by atoms with Gasteiger partial charge in [0.05, 0.1) is 12.2 Å². The monoisotopic (exact) mass is 336 g/mol. The minimum absolute atomic E-state index is 0.281. The van der Waals surface area contributed by atoms with Crippen molar-refractivity contribution in [2.24, 2.45) is 0 Å². The average Bonchev–Trinajstić information content (AvgIpc) is 2.86. The number of ether oxygens (including phenoxy) is 1. The van der Waals surface area contributed by atoms with Crippen molar-refractivity contribution in [2.45, 2.75) is 6.92 Å². The smallest absolute Gasteiger partial charge is 0.338 e. The van der Waals surface area contributed by atoms with Gasteiger partial charge in [-0.25, -0.2) is 4.79 Å². The quantitative estimate of drug-likeness (QED) is 0.842. The molecule has 1 aromatic carbocycles. The van der Waals surface area contributed by atoms with E-state index in [4.69, 9.17) is 4.74 Å². The Bertz CT molecular complexity index is 637. The number of carbonyl (C=O) groups is 2. The van der Waals surface area contributed by atoms with E-state index >= 15 is 0 Å². The first kappa shape index (κ1) is 14.3. The van der Waals surface area contributed by atoms with Crippen LogP contribution in [-0.2, 0) is 4.74 Å². The summed E-state index contributed by atoms with van der Waals surface area (Å²) in [6, 6.07) is 8.28. The van der Waals surface area contributed by atoms with Crippen molar-refractivity contribution >= 4 is 33.5 Å². The van der Waals surface area contributed by atoms with E-state index in [-0.39, 0.29) is 5.91 Å². The molecule has 0 saturated carbocycles. The Labute approximate surface area is 124 Å². The maximum absolute atomic E-state index is 12.0. The van der Waals surface area contributed by atoms with Crippen molar-refractivity contribution in [3.05, 3.63) is 52.3 Å². The highest BCUT2D eigenvalue weighted by molar-refractivity contribution is 9.10. The third-order valence-electron chi connectivity index (χ3n) is 2.52. The zero-order valence-electron chi connectivity index (χ0n) is 10.8.